The third kappa shape index (κ3) is 4.97. The summed E-state index contributed by atoms with van der Waals surface area (Å²) in [5.41, 5.74) is 2.47. The van der Waals surface area contributed by atoms with E-state index in [1.54, 1.807) is 37.4 Å². The van der Waals surface area contributed by atoms with Crippen molar-refractivity contribution in [2.24, 2.45) is 0 Å². The van der Waals surface area contributed by atoms with E-state index >= 15 is 0 Å². The molecule has 144 valence electrons. The highest BCUT2D eigenvalue weighted by atomic mass is 19.1. The lowest BCUT2D eigenvalue weighted by Crippen LogP contribution is -2.02. The summed E-state index contributed by atoms with van der Waals surface area (Å²) in [6.07, 6.45) is 0. The van der Waals surface area contributed by atoms with Crippen molar-refractivity contribution in [2.75, 3.05) is 12.4 Å². The van der Waals surface area contributed by atoms with E-state index in [1.807, 2.05) is 12.1 Å². The quantitative estimate of drug-likeness (QED) is 0.441. The van der Waals surface area contributed by atoms with E-state index in [0.29, 0.717) is 30.3 Å². The van der Waals surface area contributed by atoms with Crippen LogP contribution in [0, 0.1) is 15.9 Å². The van der Waals surface area contributed by atoms with E-state index < -0.39 is 4.92 Å². The Balaban J connectivity index is 1.64. The van der Waals surface area contributed by atoms with Gasteiger partial charge in [0.05, 0.1) is 12.0 Å². The van der Waals surface area contributed by atoms with Crippen LogP contribution in [0.25, 0.3) is 0 Å². The second kappa shape index (κ2) is 8.85. The number of halogens is 1. The number of non-ortho nitro benzene ring substituents is 1. The molecule has 6 nitrogen and oxygen atoms in total. The highest BCUT2D eigenvalue weighted by Gasteiger charge is 2.08. The molecule has 0 aromatic heterocycles. The lowest BCUT2D eigenvalue weighted by molar-refractivity contribution is -0.384. The third-order valence-corrected chi connectivity index (χ3v) is 4.09. The summed E-state index contributed by atoms with van der Waals surface area (Å²) >= 11 is 0. The van der Waals surface area contributed by atoms with Gasteiger partial charge in [-0.05, 0) is 41.5 Å². The highest BCUT2D eigenvalue weighted by molar-refractivity contribution is 5.52. The normalized spacial score (nSPS) is 10.4. The van der Waals surface area contributed by atoms with Gasteiger partial charge in [0.15, 0.2) is 11.5 Å². The summed E-state index contributed by atoms with van der Waals surface area (Å²) < 4.78 is 24.1. The zero-order chi connectivity index (χ0) is 19.9. The molecule has 1 N–H and O–H groups in total. The molecule has 3 rings (SSSR count). The van der Waals surface area contributed by atoms with Crippen molar-refractivity contribution in [2.45, 2.75) is 13.2 Å². The molecule has 0 saturated carbocycles. The first-order valence-electron chi connectivity index (χ1n) is 8.57. The Kier molecular flexibility index (Phi) is 6.06. The number of anilines is 1. The summed E-state index contributed by atoms with van der Waals surface area (Å²) in [5, 5.41) is 14.0. The average Bonchev–Trinajstić information content (AvgIpc) is 2.72. The standard InChI is InChI=1S/C21H19FN2O4/c1-27-21-11-16(13-23-18-3-2-4-19(12-18)24(25)26)7-10-20(21)28-14-15-5-8-17(22)9-6-15/h2-12,23H,13-14H2,1H3. The van der Waals surface area contributed by atoms with Gasteiger partial charge in [0.2, 0.25) is 0 Å². The molecule has 0 aliphatic carbocycles. The van der Waals surface area contributed by atoms with Crippen molar-refractivity contribution >= 4 is 11.4 Å². The minimum Gasteiger partial charge on any atom is -0.493 e. The monoisotopic (exact) mass is 382 g/mol. The second-order valence-corrected chi connectivity index (χ2v) is 6.06. The van der Waals surface area contributed by atoms with Gasteiger partial charge in [0.25, 0.3) is 5.69 Å². The van der Waals surface area contributed by atoms with E-state index in [4.69, 9.17) is 9.47 Å². The number of ether oxygens (including phenoxy) is 2. The molecule has 7 heteroatoms. The predicted molar refractivity (Wildman–Crippen MR) is 104 cm³/mol. The molecule has 0 amide bonds. The van der Waals surface area contributed by atoms with Crippen LogP contribution < -0.4 is 14.8 Å². The van der Waals surface area contributed by atoms with E-state index in [1.165, 1.54) is 24.3 Å². The van der Waals surface area contributed by atoms with E-state index in [0.717, 1.165) is 11.1 Å². The molecule has 0 atom stereocenters. The fourth-order valence-corrected chi connectivity index (χ4v) is 2.62. The Labute approximate surface area is 161 Å². The van der Waals surface area contributed by atoms with Crippen molar-refractivity contribution in [1.29, 1.82) is 0 Å². The lowest BCUT2D eigenvalue weighted by Gasteiger charge is -2.13. The van der Waals surface area contributed by atoms with E-state index in [9.17, 15) is 14.5 Å². The Morgan fingerprint density at radius 1 is 1.00 bits per heavy atom. The molecule has 0 radical (unpaired) electrons. The largest absolute Gasteiger partial charge is 0.493 e. The molecule has 3 aromatic rings. The fraction of sp³-hybridized carbons (Fsp3) is 0.143. The van der Waals surface area contributed by atoms with Gasteiger partial charge >= 0.3 is 0 Å². The first-order valence-corrected chi connectivity index (χ1v) is 8.57. The Morgan fingerprint density at radius 3 is 2.46 bits per heavy atom. The molecule has 0 bridgehead atoms. The number of nitrogens with one attached hydrogen (secondary N) is 1. The molecule has 0 aliphatic rings. The van der Waals surface area contributed by atoms with Gasteiger partial charge in [-0.15, -0.1) is 0 Å². The summed E-state index contributed by atoms with van der Waals surface area (Å²) in [4.78, 5) is 10.4. The van der Waals surface area contributed by atoms with Gasteiger partial charge in [0.1, 0.15) is 12.4 Å². The van der Waals surface area contributed by atoms with Gasteiger partial charge in [-0.3, -0.25) is 10.1 Å². The molecule has 28 heavy (non-hydrogen) atoms. The smallest absolute Gasteiger partial charge is 0.271 e. The number of methoxy groups -OCH3 is 1. The molecule has 0 spiro atoms. The van der Waals surface area contributed by atoms with E-state index in [-0.39, 0.29) is 11.5 Å². The average molecular weight is 382 g/mol. The van der Waals surface area contributed by atoms with Crippen LogP contribution in [0.5, 0.6) is 11.5 Å². The zero-order valence-electron chi connectivity index (χ0n) is 15.2. The van der Waals surface area contributed by atoms with Crippen LogP contribution in [0.4, 0.5) is 15.8 Å². The molecule has 3 aromatic carbocycles. The van der Waals surface area contributed by atoms with Crippen molar-refractivity contribution in [3.63, 3.8) is 0 Å². The Bertz CT molecular complexity index is 961. The van der Waals surface area contributed by atoms with Crippen molar-refractivity contribution in [3.05, 3.63) is 93.8 Å². The minimum atomic E-state index is -0.429. The first-order chi connectivity index (χ1) is 13.5. The van der Waals surface area contributed by atoms with Gasteiger partial charge in [0, 0.05) is 24.4 Å². The molecule has 0 aliphatic heterocycles. The summed E-state index contributed by atoms with van der Waals surface area (Å²) in [5.74, 6) is 0.855. The molecule has 0 fully saturated rings. The molecule has 0 heterocycles. The number of rotatable bonds is 8. The van der Waals surface area contributed by atoms with Crippen LogP contribution in [-0.4, -0.2) is 12.0 Å². The van der Waals surface area contributed by atoms with Crippen LogP contribution in [-0.2, 0) is 13.2 Å². The predicted octanol–water partition coefficient (Wildman–Crippen LogP) is 4.93. The van der Waals surface area contributed by atoms with Crippen LogP contribution in [0.1, 0.15) is 11.1 Å². The zero-order valence-corrected chi connectivity index (χ0v) is 15.2. The lowest BCUT2D eigenvalue weighted by atomic mass is 10.2. The van der Waals surface area contributed by atoms with Gasteiger partial charge in [-0.1, -0.05) is 24.3 Å². The topological polar surface area (TPSA) is 73.6 Å². The second-order valence-electron chi connectivity index (χ2n) is 6.06. The first kappa shape index (κ1) is 19.2. The molecular formula is C21H19FN2O4. The minimum absolute atomic E-state index is 0.0344. The van der Waals surface area contributed by atoms with Crippen LogP contribution in [0.3, 0.4) is 0 Å². The maximum atomic E-state index is 13.0. The van der Waals surface area contributed by atoms with Crippen molar-refractivity contribution in [1.82, 2.24) is 0 Å². The van der Waals surface area contributed by atoms with Crippen LogP contribution in [0.2, 0.25) is 0 Å². The van der Waals surface area contributed by atoms with Crippen molar-refractivity contribution < 1.29 is 18.8 Å². The van der Waals surface area contributed by atoms with Gasteiger partial charge in [-0.25, -0.2) is 4.39 Å². The third-order valence-electron chi connectivity index (χ3n) is 4.09. The number of nitro benzene ring substituents is 1. The van der Waals surface area contributed by atoms with E-state index in [2.05, 4.69) is 5.32 Å². The number of nitro groups is 1. The van der Waals surface area contributed by atoms with Crippen LogP contribution in [0.15, 0.2) is 66.7 Å². The maximum absolute atomic E-state index is 13.0. The summed E-state index contributed by atoms with van der Waals surface area (Å²) in [7, 11) is 1.55. The number of nitrogens with zero attached hydrogens (tertiary/aromatic N) is 1. The summed E-state index contributed by atoms with van der Waals surface area (Å²) in [6, 6.07) is 18.0. The van der Waals surface area contributed by atoms with Gasteiger partial charge in [-0.2, -0.15) is 0 Å². The SMILES string of the molecule is COc1cc(CNc2cccc([N+](=O)[O-])c2)ccc1OCc1ccc(F)cc1. The molecular weight excluding hydrogens is 363 g/mol. The highest BCUT2D eigenvalue weighted by Crippen LogP contribution is 2.29. The Hall–Kier alpha value is -3.61. The maximum Gasteiger partial charge on any atom is 0.271 e. The number of benzene rings is 3. The Morgan fingerprint density at radius 2 is 1.75 bits per heavy atom. The summed E-state index contributed by atoms with van der Waals surface area (Å²) in [6.45, 7) is 0.762. The number of hydrogen-bond donors (Lipinski definition) is 1. The molecule has 0 unspecified atom stereocenters. The number of hydrogen-bond acceptors (Lipinski definition) is 5. The fourth-order valence-electron chi connectivity index (χ4n) is 2.62. The van der Waals surface area contributed by atoms with Crippen molar-refractivity contribution in [3.8, 4) is 11.5 Å². The van der Waals surface area contributed by atoms with Crippen LogP contribution >= 0.6 is 0 Å². The van der Waals surface area contributed by atoms with Gasteiger partial charge < -0.3 is 14.8 Å². The molecule has 0 saturated heterocycles.